The SMILES string of the molecule is C/C=C(\C=C/CC1=CC=CCC1)N(c1ccc(-c2ccccc2)cc1)c1ccc(-c2ccccc2)c(Cc2cccc(-c3ccccc3)c2)c1. The molecule has 0 saturated carbocycles. The first-order chi connectivity index (χ1) is 24.7. The van der Waals surface area contributed by atoms with Gasteiger partial charge in [-0.05, 0) is 107 Å². The van der Waals surface area contributed by atoms with E-state index < -0.39 is 0 Å². The highest BCUT2D eigenvalue weighted by molar-refractivity contribution is 5.78. The third kappa shape index (κ3) is 7.86. The molecule has 0 amide bonds. The van der Waals surface area contributed by atoms with Gasteiger partial charge in [0.1, 0.15) is 0 Å². The Morgan fingerprint density at radius 2 is 1.22 bits per heavy atom. The highest BCUT2D eigenvalue weighted by Gasteiger charge is 2.17. The molecular formula is C49H43N. The lowest BCUT2D eigenvalue weighted by Crippen LogP contribution is -2.15. The maximum absolute atomic E-state index is 2.40. The molecule has 1 aliphatic carbocycles. The van der Waals surface area contributed by atoms with Gasteiger partial charge in [-0.2, -0.15) is 0 Å². The standard InChI is InChI=1S/C49H43N/c1-2-46(28-16-19-38-17-7-3-8-18-38)50(47-31-29-42(30-32-47)40-21-9-4-10-22-40)48-33-34-49(43-25-13-6-14-26-43)45(37-48)36-39-20-15-27-44(35-39)41-23-11-5-12-24-41/h2-7,9-17,20-35,37H,8,18-19,36H2,1H3/b28-16-,46-2+. The minimum absolute atomic E-state index is 0.822. The fourth-order valence-electron chi connectivity index (χ4n) is 6.81. The summed E-state index contributed by atoms with van der Waals surface area (Å²) in [6.07, 6.45) is 17.6. The lowest BCUT2D eigenvalue weighted by Gasteiger charge is -2.28. The van der Waals surface area contributed by atoms with Crippen LogP contribution in [0.1, 0.15) is 37.3 Å². The van der Waals surface area contributed by atoms with E-state index >= 15 is 0 Å². The number of anilines is 2. The highest BCUT2D eigenvalue weighted by atomic mass is 15.1. The molecule has 0 bridgehead atoms. The molecular weight excluding hydrogens is 603 g/mol. The quantitative estimate of drug-likeness (QED) is 0.127. The van der Waals surface area contributed by atoms with E-state index in [1.165, 1.54) is 50.1 Å². The van der Waals surface area contributed by atoms with Crippen LogP contribution in [0.15, 0.2) is 205 Å². The number of allylic oxidation sites excluding steroid dienone is 7. The van der Waals surface area contributed by atoms with Gasteiger partial charge in [0.15, 0.2) is 0 Å². The van der Waals surface area contributed by atoms with Crippen molar-refractivity contribution < 1.29 is 0 Å². The van der Waals surface area contributed by atoms with Gasteiger partial charge in [-0.25, -0.2) is 0 Å². The number of hydrogen-bond donors (Lipinski definition) is 0. The van der Waals surface area contributed by atoms with E-state index in [-0.39, 0.29) is 0 Å². The molecule has 0 unspecified atom stereocenters. The van der Waals surface area contributed by atoms with Crippen molar-refractivity contribution in [3.8, 4) is 33.4 Å². The molecule has 0 aliphatic heterocycles. The zero-order valence-electron chi connectivity index (χ0n) is 28.8. The van der Waals surface area contributed by atoms with Gasteiger partial charge in [-0.3, -0.25) is 0 Å². The fourth-order valence-corrected chi connectivity index (χ4v) is 6.81. The molecule has 1 aliphatic rings. The molecule has 0 radical (unpaired) electrons. The Hall–Kier alpha value is -5.92. The summed E-state index contributed by atoms with van der Waals surface area (Å²) >= 11 is 0. The van der Waals surface area contributed by atoms with E-state index in [0.717, 1.165) is 42.8 Å². The molecule has 0 spiro atoms. The first kappa shape index (κ1) is 32.6. The molecule has 0 atom stereocenters. The van der Waals surface area contributed by atoms with Crippen molar-refractivity contribution >= 4 is 11.4 Å². The first-order valence-electron chi connectivity index (χ1n) is 17.7. The Bertz CT molecular complexity index is 2130. The van der Waals surface area contributed by atoms with Crippen LogP contribution in [-0.2, 0) is 6.42 Å². The van der Waals surface area contributed by atoms with Gasteiger partial charge in [0.05, 0.1) is 0 Å². The smallest absolute Gasteiger partial charge is 0.0464 e. The molecule has 50 heavy (non-hydrogen) atoms. The first-order valence-corrected chi connectivity index (χ1v) is 17.7. The molecule has 1 nitrogen and oxygen atoms in total. The Kier molecular flexibility index (Phi) is 10.4. The molecule has 0 saturated heterocycles. The number of benzene rings is 6. The molecule has 6 aromatic rings. The third-order valence-electron chi connectivity index (χ3n) is 9.42. The Balaban J connectivity index is 1.30. The normalized spacial score (nSPS) is 13.0. The maximum Gasteiger partial charge on any atom is 0.0464 e. The van der Waals surface area contributed by atoms with E-state index in [1.807, 2.05) is 0 Å². The lowest BCUT2D eigenvalue weighted by molar-refractivity contribution is 0.924. The second kappa shape index (κ2) is 16.0. The highest BCUT2D eigenvalue weighted by Crippen LogP contribution is 2.37. The molecule has 244 valence electrons. The van der Waals surface area contributed by atoms with E-state index in [0.29, 0.717) is 0 Å². The van der Waals surface area contributed by atoms with Crippen molar-refractivity contribution in [3.63, 3.8) is 0 Å². The molecule has 0 aromatic heterocycles. The third-order valence-corrected chi connectivity index (χ3v) is 9.42. The summed E-state index contributed by atoms with van der Waals surface area (Å²) < 4.78 is 0. The van der Waals surface area contributed by atoms with E-state index in [9.17, 15) is 0 Å². The van der Waals surface area contributed by atoms with Crippen LogP contribution < -0.4 is 4.90 Å². The predicted octanol–water partition coefficient (Wildman–Crippen LogP) is 13.5. The summed E-state index contributed by atoms with van der Waals surface area (Å²) in [4.78, 5) is 2.40. The molecule has 6 aromatic carbocycles. The molecule has 0 N–H and O–H groups in total. The van der Waals surface area contributed by atoms with Crippen molar-refractivity contribution in [2.24, 2.45) is 0 Å². The Morgan fingerprint density at radius 3 is 1.88 bits per heavy atom. The summed E-state index contributed by atoms with van der Waals surface area (Å²) in [6.45, 7) is 2.14. The summed E-state index contributed by atoms with van der Waals surface area (Å²) in [5, 5.41) is 0. The summed E-state index contributed by atoms with van der Waals surface area (Å²) in [5.74, 6) is 0. The van der Waals surface area contributed by atoms with E-state index in [2.05, 4.69) is 206 Å². The maximum atomic E-state index is 2.40. The summed E-state index contributed by atoms with van der Waals surface area (Å²) in [7, 11) is 0. The van der Waals surface area contributed by atoms with Crippen molar-refractivity contribution in [2.75, 3.05) is 4.90 Å². The van der Waals surface area contributed by atoms with Crippen molar-refractivity contribution in [2.45, 2.75) is 32.6 Å². The minimum atomic E-state index is 0.822. The van der Waals surface area contributed by atoms with Crippen LogP contribution in [0, 0.1) is 0 Å². The monoisotopic (exact) mass is 645 g/mol. The van der Waals surface area contributed by atoms with Crippen LogP contribution in [0.2, 0.25) is 0 Å². The number of hydrogen-bond acceptors (Lipinski definition) is 1. The zero-order chi connectivity index (χ0) is 34.0. The summed E-state index contributed by atoms with van der Waals surface area (Å²) in [5.41, 5.74) is 14.9. The Labute approximate surface area is 297 Å². The summed E-state index contributed by atoms with van der Waals surface area (Å²) in [6, 6.07) is 57.0. The second-order valence-electron chi connectivity index (χ2n) is 12.8. The minimum Gasteiger partial charge on any atom is -0.311 e. The van der Waals surface area contributed by atoms with Crippen LogP contribution >= 0.6 is 0 Å². The average Bonchev–Trinajstić information content (AvgIpc) is 3.19. The van der Waals surface area contributed by atoms with Crippen LogP contribution in [0.3, 0.4) is 0 Å². The van der Waals surface area contributed by atoms with Crippen molar-refractivity contribution in [3.05, 3.63) is 217 Å². The Morgan fingerprint density at radius 1 is 0.600 bits per heavy atom. The lowest BCUT2D eigenvalue weighted by atomic mass is 9.92. The molecule has 0 heterocycles. The van der Waals surface area contributed by atoms with Crippen LogP contribution in [0.4, 0.5) is 11.4 Å². The van der Waals surface area contributed by atoms with Crippen molar-refractivity contribution in [1.82, 2.24) is 0 Å². The van der Waals surface area contributed by atoms with Gasteiger partial charge in [-0.1, -0.05) is 169 Å². The van der Waals surface area contributed by atoms with Gasteiger partial charge in [0.2, 0.25) is 0 Å². The van der Waals surface area contributed by atoms with Crippen molar-refractivity contribution in [1.29, 1.82) is 0 Å². The van der Waals surface area contributed by atoms with Gasteiger partial charge >= 0.3 is 0 Å². The second-order valence-corrected chi connectivity index (χ2v) is 12.8. The van der Waals surface area contributed by atoms with Crippen LogP contribution in [-0.4, -0.2) is 0 Å². The van der Waals surface area contributed by atoms with Gasteiger partial charge in [0.25, 0.3) is 0 Å². The van der Waals surface area contributed by atoms with Gasteiger partial charge < -0.3 is 4.90 Å². The fraction of sp³-hybridized carbons (Fsp3) is 0.102. The largest absolute Gasteiger partial charge is 0.311 e. The van der Waals surface area contributed by atoms with Gasteiger partial charge in [0, 0.05) is 17.1 Å². The zero-order valence-corrected chi connectivity index (χ0v) is 28.8. The topological polar surface area (TPSA) is 3.24 Å². The molecule has 0 fully saturated rings. The number of rotatable bonds is 11. The predicted molar refractivity (Wildman–Crippen MR) is 215 cm³/mol. The van der Waals surface area contributed by atoms with E-state index in [4.69, 9.17) is 0 Å². The average molecular weight is 646 g/mol. The number of nitrogens with zero attached hydrogens (tertiary/aromatic N) is 1. The van der Waals surface area contributed by atoms with Crippen LogP contribution in [0.25, 0.3) is 33.4 Å². The molecule has 7 rings (SSSR count). The van der Waals surface area contributed by atoms with Crippen LogP contribution in [0.5, 0.6) is 0 Å². The van der Waals surface area contributed by atoms with E-state index in [1.54, 1.807) is 0 Å². The van der Waals surface area contributed by atoms with Gasteiger partial charge in [-0.15, -0.1) is 0 Å². The molecule has 1 heteroatoms.